The van der Waals surface area contributed by atoms with Gasteiger partial charge in [0.05, 0.1) is 15.7 Å². The Kier molecular flexibility index (Phi) is 3.50. The van der Waals surface area contributed by atoms with Crippen molar-refractivity contribution in [3.63, 3.8) is 0 Å². The number of halogens is 1. The van der Waals surface area contributed by atoms with Gasteiger partial charge in [0.25, 0.3) is 0 Å². The zero-order chi connectivity index (χ0) is 10.0. The monoisotopic (exact) mass is 261 g/mol. The van der Waals surface area contributed by atoms with Gasteiger partial charge >= 0.3 is 0 Å². The van der Waals surface area contributed by atoms with Gasteiger partial charge in [0.15, 0.2) is 0 Å². The van der Waals surface area contributed by atoms with Crippen LogP contribution < -0.4 is 5.73 Å². The van der Waals surface area contributed by atoms with Gasteiger partial charge in [-0.2, -0.15) is 0 Å². The van der Waals surface area contributed by atoms with E-state index in [4.69, 9.17) is 5.73 Å². The highest BCUT2D eigenvalue weighted by Crippen LogP contribution is 2.23. The lowest BCUT2D eigenvalue weighted by Gasteiger charge is -2.08. The quantitative estimate of drug-likeness (QED) is 0.832. The lowest BCUT2D eigenvalue weighted by Crippen LogP contribution is -2.08. The number of anilines is 1. The summed E-state index contributed by atoms with van der Waals surface area (Å²) in [6, 6.07) is 5.42. The van der Waals surface area contributed by atoms with Crippen LogP contribution in [0.2, 0.25) is 0 Å². The third kappa shape index (κ3) is 2.54. The van der Waals surface area contributed by atoms with E-state index < -0.39 is 10.8 Å². The van der Waals surface area contributed by atoms with E-state index in [1.165, 1.54) is 0 Å². The topological polar surface area (TPSA) is 43.1 Å². The van der Waals surface area contributed by atoms with E-state index in [0.29, 0.717) is 10.6 Å². The average Bonchev–Trinajstić information content (AvgIpc) is 2.08. The summed E-state index contributed by atoms with van der Waals surface area (Å²) in [6.45, 7) is 3.83. The van der Waals surface area contributed by atoms with Crippen LogP contribution in [0.15, 0.2) is 27.6 Å². The van der Waals surface area contributed by atoms with E-state index >= 15 is 0 Å². The Balaban J connectivity index is 3.13. The van der Waals surface area contributed by atoms with Crippen LogP contribution >= 0.6 is 15.9 Å². The van der Waals surface area contributed by atoms with Crippen molar-refractivity contribution in [2.24, 2.45) is 0 Å². The van der Waals surface area contributed by atoms with Crippen molar-refractivity contribution in [1.29, 1.82) is 0 Å². The first-order chi connectivity index (χ1) is 6.02. The van der Waals surface area contributed by atoms with E-state index in [0.717, 1.165) is 4.47 Å². The van der Waals surface area contributed by atoms with E-state index in [-0.39, 0.29) is 5.25 Å². The summed E-state index contributed by atoms with van der Waals surface area (Å²) in [7, 11) is -1.01. The van der Waals surface area contributed by atoms with E-state index in [9.17, 15) is 4.21 Å². The first kappa shape index (κ1) is 10.7. The van der Waals surface area contributed by atoms with E-state index in [2.05, 4.69) is 15.9 Å². The van der Waals surface area contributed by atoms with Crippen molar-refractivity contribution in [2.75, 3.05) is 5.73 Å². The van der Waals surface area contributed by atoms with Crippen LogP contribution in [0.1, 0.15) is 13.8 Å². The van der Waals surface area contributed by atoms with Gasteiger partial charge in [-0.25, -0.2) is 0 Å². The van der Waals surface area contributed by atoms with Gasteiger partial charge in [-0.15, -0.1) is 0 Å². The van der Waals surface area contributed by atoms with Crippen molar-refractivity contribution >= 4 is 32.4 Å². The molecule has 2 N–H and O–H groups in total. The largest absolute Gasteiger partial charge is 0.398 e. The Bertz CT molecular complexity index is 338. The fraction of sp³-hybridized carbons (Fsp3) is 0.333. The average molecular weight is 262 g/mol. The smallest absolute Gasteiger partial charge is 0.0631 e. The van der Waals surface area contributed by atoms with Crippen LogP contribution in [0.3, 0.4) is 0 Å². The molecule has 0 aliphatic carbocycles. The molecule has 0 aromatic heterocycles. The van der Waals surface area contributed by atoms with E-state index in [1.807, 2.05) is 26.0 Å². The molecule has 1 atom stereocenters. The van der Waals surface area contributed by atoms with Gasteiger partial charge in [0, 0.05) is 15.4 Å². The standard InChI is InChI=1S/C9H12BrNOS/c1-6(2)13(12)9-5-7(10)3-4-8(9)11/h3-6H,11H2,1-2H3. The number of hydrogen-bond acceptors (Lipinski definition) is 2. The fourth-order valence-electron chi connectivity index (χ4n) is 0.936. The molecule has 0 fully saturated rings. The molecule has 72 valence electrons. The molecule has 0 radical (unpaired) electrons. The molecule has 0 aliphatic rings. The molecule has 0 saturated heterocycles. The maximum atomic E-state index is 11.7. The van der Waals surface area contributed by atoms with Gasteiger partial charge in [-0.3, -0.25) is 4.21 Å². The molecule has 1 unspecified atom stereocenters. The molecular formula is C9H12BrNOS. The number of hydrogen-bond donors (Lipinski definition) is 1. The number of nitrogen functional groups attached to an aromatic ring is 1. The molecule has 0 heterocycles. The third-order valence-electron chi connectivity index (χ3n) is 1.62. The van der Waals surface area contributed by atoms with Crippen molar-refractivity contribution in [2.45, 2.75) is 24.0 Å². The molecule has 4 heteroatoms. The SMILES string of the molecule is CC(C)S(=O)c1cc(Br)ccc1N. The highest BCUT2D eigenvalue weighted by atomic mass is 79.9. The van der Waals surface area contributed by atoms with Crippen LogP contribution in [0, 0.1) is 0 Å². The Morgan fingerprint density at radius 1 is 1.46 bits per heavy atom. The number of benzene rings is 1. The summed E-state index contributed by atoms with van der Waals surface area (Å²) in [5.74, 6) is 0. The molecule has 0 amide bonds. The highest BCUT2D eigenvalue weighted by Gasteiger charge is 2.11. The Labute approximate surface area is 89.1 Å². The maximum absolute atomic E-state index is 11.7. The third-order valence-corrected chi connectivity index (χ3v) is 3.76. The van der Waals surface area contributed by atoms with Crippen molar-refractivity contribution < 1.29 is 4.21 Å². The second kappa shape index (κ2) is 4.24. The predicted molar refractivity (Wildman–Crippen MR) is 60.1 cm³/mol. The summed E-state index contributed by atoms with van der Waals surface area (Å²) < 4.78 is 12.6. The number of rotatable bonds is 2. The Morgan fingerprint density at radius 3 is 2.62 bits per heavy atom. The van der Waals surface area contributed by atoms with Crippen LogP contribution in [0.5, 0.6) is 0 Å². The van der Waals surface area contributed by atoms with Crippen LogP contribution in [0.25, 0.3) is 0 Å². The molecule has 0 saturated carbocycles. The van der Waals surface area contributed by atoms with Gasteiger partial charge in [0.2, 0.25) is 0 Å². The van der Waals surface area contributed by atoms with Crippen LogP contribution in [-0.4, -0.2) is 9.46 Å². The summed E-state index contributed by atoms with van der Waals surface area (Å²) in [4.78, 5) is 0.712. The normalized spacial score (nSPS) is 13.2. The van der Waals surface area contributed by atoms with Crippen molar-refractivity contribution in [3.8, 4) is 0 Å². The predicted octanol–water partition coefficient (Wildman–Crippen LogP) is 2.55. The summed E-state index contributed by atoms with van der Waals surface area (Å²) in [5.41, 5.74) is 6.31. The Hall–Kier alpha value is -0.350. The molecule has 0 spiro atoms. The first-order valence-electron chi connectivity index (χ1n) is 3.98. The fourth-order valence-corrected chi connectivity index (χ4v) is 2.50. The van der Waals surface area contributed by atoms with Crippen LogP contribution in [0.4, 0.5) is 5.69 Å². The minimum atomic E-state index is -1.01. The summed E-state index contributed by atoms with van der Waals surface area (Å²) in [5, 5.41) is 0.0941. The zero-order valence-electron chi connectivity index (χ0n) is 7.58. The van der Waals surface area contributed by atoms with Crippen molar-refractivity contribution in [3.05, 3.63) is 22.7 Å². The number of nitrogens with two attached hydrogens (primary N) is 1. The van der Waals surface area contributed by atoms with Gasteiger partial charge in [0.1, 0.15) is 0 Å². The van der Waals surface area contributed by atoms with Gasteiger partial charge in [-0.05, 0) is 18.2 Å². The Morgan fingerprint density at radius 2 is 2.08 bits per heavy atom. The second-order valence-corrected chi connectivity index (χ2v) is 5.92. The first-order valence-corrected chi connectivity index (χ1v) is 5.98. The molecule has 1 aromatic carbocycles. The van der Waals surface area contributed by atoms with E-state index in [1.54, 1.807) is 6.07 Å². The molecule has 13 heavy (non-hydrogen) atoms. The van der Waals surface area contributed by atoms with Crippen molar-refractivity contribution in [1.82, 2.24) is 0 Å². The molecule has 0 aliphatic heterocycles. The molecule has 1 aromatic rings. The summed E-state index contributed by atoms with van der Waals surface area (Å²) in [6.07, 6.45) is 0. The lowest BCUT2D eigenvalue weighted by atomic mass is 10.3. The van der Waals surface area contributed by atoms with Gasteiger partial charge < -0.3 is 5.73 Å². The zero-order valence-corrected chi connectivity index (χ0v) is 9.98. The minimum Gasteiger partial charge on any atom is -0.398 e. The maximum Gasteiger partial charge on any atom is 0.0631 e. The molecular weight excluding hydrogens is 250 g/mol. The highest BCUT2D eigenvalue weighted by molar-refractivity contribution is 9.10. The van der Waals surface area contributed by atoms with Gasteiger partial charge in [-0.1, -0.05) is 29.8 Å². The molecule has 2 nitrogen and oxygen atoms in total. The van der Waals surface area contributed by atoms with Crippen LogP contribution in [-0.2, 0) is 10.8 Å². The summed E-state index contributed by atoms with van der Waals surface area (Å²) >= 11 is 3.32. The lowest BCUT2D eigenvalue weighted by molar-refractivity contribution is 0.677. The molecule has 1 rings (SSSR count). The minimum absolute atomic E-state index is 0.0941. The second-order valence-electron chi connectivity index (χ2n) is 3.03. The molecule has 0 bridgehead atoms.